The third-order valence-corrected chi connectivity index (χ3v) is 7.80. The van der Waals surface area contributed by atoms with E-state index in [0.717, 1.165) is 33.9 Å². The number of aromatic nitrogens is 2. The van der Waals surface area contributed by atoms with Crippen molar-refractivity contribution in [2.45, 2.75) is 52.4 Å². The Morgan fingerprint density at radius 3 is 1.63 bits per heavy atom. The van der Waals surface area contributed by atoms with Gasteiger partial charge in [0.05, 0.1) is 5.69 Å². The predicted octanol–water partition coefficient (Wildman–Crippen LogP) is 10.0. The minimum Gasteiger partial charge on any atom is -0.657 e. The van der Waals surface area contributed by atoms with Crippen LogP contribution in [-0.4, -0.2) is 4.98 Å². The van der Waals surface area contributed by atoms with E-state index in [-0.39, 0.29) is 33.2 Å². The molecule has 0 amide bonds. The van der Waals surface area contributed by atoms with Gasteiger partial charge in [-0.05, 0) is 69.1 Å². The van der Waals surface area contributed by atoms with Crippen molar-refractivity contribution in [2.24, 2.45) is 0 Å². The fourth-order valence-electron chi connectivity index (χ4n) is 5.36. The zero-order valence-electron chi connectivity index (χ0n) is 25.6. The Kier molecular flexibility index (Phi) is 8.58. The van der Waals surface area contributed by atoms with Crippen LogP contribution in [0.3, 0.4) is 0 Å². The Morgan fingerprint density at radius 2 is 1.09 bits per heavy atom. The molecule has 2 aromatic heterocycles. The first-order chi connectivity index (χ1) is 20.1. The van der Waals surface area contributed by atoms with E-state index in [2.05, 4.69) is 154 Å². The molecule has 7 rings (SSSR count). The molecule has 0 fully saturated rings. The van der Waals surface area contributed by atoms with Crippen LogP contribution in [-0.2, 0) is 33.2 Å². The molecule has 0 aliphatic carbocycles. The van der Waals surface area contributed by atoms with Gasteiger partial charge in [0.2, 0.25) is 0 Å². The largest absolute Gasteiger partial charge is 0.657 e. The normalized spacial score (nSPS) is 13.0. The van der Waals surface area contributed by atoms with Crippen molar-refractivity contribution in [3.8, 4) is 0 Å². The average Bonchev–Trinajstić information content (AvgIpc) is 3.56. The molecule has 3 heterocycles. The van der Waals surface area contributed by atoms with E-state index in [1.165, 1.54) is 21.9 Å². The maximum atomic E-state index is 4.71. The second-order valence-electron chi connectivity index (χ2n) is 12.9. The Labute approximate surface area is 271 Å². The number of fused-ring (bicyclic) bond motifs is 4. The fourth-order valence-corrected chi connectivity index (χ4v) is 5.36. The maximum Gasteiger partial charge on any atom is 0.126 e. The first-order valence-electron chi connectivity index (χ1n) is 14.6. The number of rotatable bonds is 2. The van der Waals surface area contributed by atoms with Gasteiger partial charge in [0, 0.05) is 40.0 Å². The van der Waals surface area contributed by atoms with Crippen LogP contribution >= 0.6 is 0 Å². The zero-order valence-corrected chi connectivity index (χ0v) is 27.8. The fraction of sp³-hybridized carbons (Fsp3) is 0.211. The second-order valence-corrected chi connectivity index (χ2v) is 12.9. The number of nitrogens with zero attached hydrogens (tertiary/aromatic N) is 4. The molecule has 5 heteroatoms. The van der Waals surface area contributed by atoms with Gasteiger partial charge in [-0.15, -0.1) is 17.7 Å². The van der Waals surface area contributed by atoms with Crippen molar-refractivity contribution in [3.05, 3.63) is 133 Å². The van der Waals surface area contributed by atoms with Gasteiger partial charge in [-0.25, -0.2) is 4.98 Å². The van der Waals surface area contributed by atoms with Crippen molar-refractivity contribution in [1.29, 1.82) is 0 Å². The van der Waals surface area contributed by atoms with E-state index in [9.17, 15) is 0 Å². The van der Waals surface area contributed by atoms with E-state index in [4.69, 9.17) is 4.98 Å². The van der Waals surface area contributed by atoms with Gasteiger partial charge in [0.15, 0.2) is 0 Å². The molecule has 6 aromatic rings. The summed E-state index contributed by atoms with van der Waals surface area (Å²) in [4.78, 5) is 13.7. The van der Waals surface area contributed by atoms with Gasteiger partial charge in [-0.2, -0.15) is 0 Å². The Morgan fingerprint density at radius 1 is 0.581 bits per heavy atom. The van der Waals surface area contributed by atoms with Crippen LogP contribution in [0.5, 0.6) is 0 Å². The van der Waals surface area contributed by atoms with Gasteiger partial charge in [0.25, 0.3) is 0 Å². The van der Waals surface area contributed by atoms with Crippen molar-refractivity contribution in [3.63, 3.8) is 0 Å². The van der Waals surface area contributed by atoms with Crippen LogP contribution in [0.4, 0.5) is 22.9 Å². The molecule has 0 saturated heterocycles. The number of pyridine rings is 1. The molecule has 4 nitrogen and oxygen atoms in total. The summed E-state index contributed by atoms with van der Waals surface area (Å²) in [7, 11) is 0. The van der Waals surface area contributed by atoms with Crippen LogP contribution in [0.1, 0.15) is 52.7 Å². The van der Waals surface area contributed by atoms with E-state index in [0.29, 0.717) is 0 Å². The van der Waals surface area contributed by atoms with Crippen LogP contribution < -0.4 is 14.8 Å². The molecule has 1 radical (unpaired) electrons. The molecular formula is C38H38AuN4-2. The van der Waals surface area contributed by atoms with Gasteiger partial charge in [0.1, 0.15) is 5.82 Å². The van der Waals surface area contributed by atoms with Crippen LogP contribution in [0.25, 0.3) is 21.8 Å². The van der Waals surface area contributed by atoms with Gasteiger partial charge >= 0.3 is 0 Å². The summed E-state index contributed by atoms with van der Waals surface area (Å²) in [6.45, 7) is 15.6. The SMILES string of the molecule is CC(C)(C)c1cccc(N2[CH-]N(c3cccc(C(C)(C)C)c3)c3ncccc32)c1.[Au].c1ccc2c(c1)[n-]c1ccccc12. The first-order valence-corrected chi connectivity index (χ1v) is 14.6. The molecule has 4 aromatic carbocycles. The predicted molar refractivity (Wildman–Crippen MR) is 178 cm³/mol. The van der Waals surface area contributed by atoms with E-state index in [1.54, 1.807) is 0 Å². The maximum absolute atomic E-state index is 4.71. The number of hydrogen-bond donors (Lipinski definition) is 0. The summed E-state index contributed by atoms with van der Waals surface area (Å²) >= 11 is 0. The Balaban J connectivity index is 0.000000218. The molecular weight excluding hydrogens is 709 g/mol. The molecule has 0 atom stereocenters. The van der Waals surface area contributed by atoms with Crippen LogP contribution in [0.15, 0.2) is 115 Å². The summed E-state index contributed by atoms with van der Waals surface area (Å²) in [5.41, 5.74) is 8.40. The molecule has 0 spiro atoms. The van der Waals surface area contributed by atoms with Gasteiger partial charge in [-0.3, -0.25) is 0 Å². The smallest absolute Gasteiger partial charge is 0.126 e. The number of anilines is 4. The van der Waals surface area contributed by atoms with E-state index in [1.807, 2.05) is 24.4 Å². The zero-order chi connectivity index (χ0) is 29.5. The summed E-state index contributed by atoms with van der Waals surface area (Å²) in [5.74, 6) is 0.958. The van der Waals surface area contributed by atoms with Crippen molar-refractivity contribution < 1.29 is 22.4 Å². The molecule has 0 saturated carbocycles. The summed E-state index contributed by atoms with van der Waals surface area (Å²) in [6.07, 6.45) is 1.86. The van der Waals surface area contributed by atoms with Gasteiger partial charge in [-0.1, -0.05) is 114 Å². The van der Waals surface area contributed by atoms with Crippen molar-refractivity contribution >= 4 is 44.7 Å². The third kappa shape index (κ3) is 6.28. The van der Waals surface area contributed by atoms with Crippen molar-refractivity contribution in [2.75, 3.05) is 9.80 Å². The van der Waals surface area contributed by atoms with Crippen LogP contribution in [0.2, 0.25) is 0 Å². The summed E-state index contributed by atoms with van der Waals surface area (Å²) in [6, 6.07) is 38.2. The van der Waals surface area contributed by atoms with E-state index >= 15 is 0 Å². The molecule has 1 aliphatic rings. The topological polar surface area (TPSA) is 33.5 Å². The van der Waals surface area contributed by atoms with Crippen LogP contribution in [0, 0.1) is 6.67 Å². The molecule has 0 unspecified atom stereocenters. The number of hydrogen-bond acceptors (Lipinski definition) is 3. The number of para-hydroxylation sites is 2. The van der Waals surface area contributed by atoms with Gasteiger partial charge < -0.3 is 14.8 Å². The first kappa shape index (κ1) is 30.6. The molecule has 43 heavy (non-hydrogen) atoms. The van der Waals surface area contributed by atoms with E-state index < -0.39 is 0 Å². The monoisotopic (exact) mass is 747 g/mol. The minimum absolute atomic E-state index is 0. The standard InChI is InChI=1S/C26H30N3.C12H8N.Au/c1-25(2,3)19-10-7-12-21(16-19)28-18-29(24-23(28)14-9-15-27-24)22-13-8-11-20(17-22)26(4,5)6;1-3-7-11-9(5-1)10-6-2-4-8-12(10)13-11;/h7-18H,1-6H3;1-8H;/q2*-1;. The number of benzene rings is 4. The molecule has 223 valence electrons. The minimum atomic E-state index is 0. The van der Waals surface area contributed by atoms with Crippen molar-refractivity contribution in [1.82, 2.24) is 9.97 Å². The summed E-state index contributed by atoms with van der Waals surface area (Å²) in [5, 5.41) is 2.50. The third-order valence-electron chi connectivity index (χ3n) is 7.80. The quantitative estimate of drug-likeness (QED) is 0.131. The Bertz CT molecular complexity index is 1730. The average molecular weight is 748 g/mol. The molecule has 0 bridgehead atoms. The Hall–Kier alpha value is -3.83. The summed E-state index contributed by atoms with van der Waals surface area (Å²) < 4.78 is 0. The second kappa shape index (κ2) is 12.0. The molecule has 1 aliphatic heterocycles. The molecule has 0 N–H and O–H groups in total.